The molecule has 0 bridgehead atoms. The van der Waals surface area contributed by atoms with Gasteiger partial charge in [-0.2, -0.15) is 0 Å². The van der Waals surface area contributed by atoms with Crippen LogP contribution in [0.15, 0.2) is 18.2 Å². The number of carbonyl (C=O) groups excluding carboxylic acids is 2. The molecule has 3 rings (SSSR count). The number of ether oxygens (including phenoxy) is 3. The summed E-state index contributed by atoms with van der Waals surface area (Å²) in [6.45, 7) is 5.86. The van der Waals surface area contributed by atoms with E-state index in [1.54, 1.807) is 32.4 Å². The second-order valence-electron chi connectivity index (χ2n) is 9.25. The molecule has 2 atom stereocenters. The van der Waals surface area contributed by atoms with Gasteiger partial charge in [0.25, 0.3) is 5.91 Å². The van der Waals surface area contributed by atoms with E-state index in [0.29, 0.717) is 49.3 Å². The van der Waals surface area contributed by atoms with Crippen LogP contribution in [0.1, 0.15) is 62.7 Å². The summed E-state index contributed by atoms with van der Waals surface area (Å²) in [4.78, 5) is 27.6. The van der Waals surface area contributed by atoms with Crippen LogP contribution in [-0.4, -0.2) is 74.9 Å². The number of piperidine rings is 1. The third-order valence-electron chi connectivity index (χ3n) is 6.21. The quantitative estimate of drug-likeness (QED) is 0.466. The smallest absolute Gasteiger partial charge is 0.254 e. The first-order chi connectivity index (χ1) is 15.9. The highest BCUT2D eigenvalue weighted by molar-refractivity contribution is 5.95. The van der Waals surface area contributed by atoms with Crippen LogP contribution in [-0.2, 0) is 9.53 Å². The average Bonchev–Trinajstić information content (AvgIpc) is 3.61. The highest BCUT2D eigenvalue weighted by atomic mass is 16.5. The molecule has 0 aromatic heterocycles. The van der Waals surface area contributed by atoms with Gasteiger partial charge in [0.1, 0.15) is 0 Å². The predicted molar refractivity (Wildman–Crippen MR) is 127 cm³/mol. The number of nitrogens with one attached hydrogen (secondary N) is 2. The number of rotatable bonds is 12. The first-order valence-electron chi connectivity index (χ1n) is 12.1. The summed E-state index contributed by atoms with van der Waals surface area (Å²) in [5, 5.41) is 6.55. The van der Waals surface area contributed by atoms with E-state index in [1.165, 1.54) is 0 Å². The molecule has 2 N–H and O–H groups in total. The number of methoxy groups -OCH3 is 2. The molecule has 2 aliphatic rings. The lowest BCUT2D eigenvalue weighted by Gasteiger charge is -2.40. The third kappa shape index (κ3) is 7.33. The number of amides is 2. The van der Waals surface area contributed by atoms with Crippen molar-refractivity contribution < 1.29 is 23.8 Å². The third-order valence-corrected chi connectivity index (χ3v) is 6.21. The maximum absolute atomic E-state index is 13.5. The van der Waals surface area contributed by atoms with Gasteiger partial charge >= 0.3 is 0 Å². The van der Waals surface area contributed by atoms with Crippen LogP contribution < -0.4 is 20.1 Å². The Kier molecular flexibility index (Phi) is 9.38. The van der Waals surface area contributed by atoms with Gasteiger partial charge in [0, 0.05) is 62.8 Å². The second kappa shape index (κ2) is 12.2. The monoisotopic (exact) mass is 461 g/mol. The molecule has 1 heterocycles. The highest BCUT2D eigenvalue weighted by Crippen LogP contribution is 2.30. The molecule has 1 saturated heterocycles. The van der Waals surface area contributed by atoms with E-state index in [9.17, 15) is 9.59 Å². The summed E-state index contributed by atoms with van der Waals surface area (Å²) in [5.74, 6) is 1.27. The molecule has 184 valence electrons. The summed E-state index contributed by atoms with van der Waals surface area (Å²) in [6, 6.07) is 6.02. The molecule has 0 radical (unpaired) electrons. The summed E-state index contributed by atoms with van der Waals surface area (Å²) < 4.78 is 16.3. The Morgan fingerprint density at radius 2 is 1.91 bits per heavy atom. The van der Waals surface area contributed by atoms with Gasteiger partial charge in [-0.05, 0) is 57.7 Å². The molecule has 1 aliphatic carbocycles. The molecule has 0 unspecified atom stereocenters. The first kappa shape index (κ1) is 25.3. The van der Waals surface area contributed by atoms with Gasteiger partial charge in [0.2, 0.25) is 5.91 Å². The largest absolute Gasteiger partial charge is 0.493 e. The van der Waals surface area contributed by atoms with E-state index in [4.69, 9.17) is 14.2 Å². The number of hydrogen-bond acceptors (Lipinski definition) is 6. The average molecular weight is 462 g/mol. The molecule has 2 amide bonds. The van der Waals surface area contributed by atoms with E-state index in [-0.39, 0.29) is 29.9 Å². The van der Waals surface area contributed by atoms with Gasteiger partial charge in [-0.1, -0.05) is 0 Å². The van der Waals surface area contributed by atoms with Crippen LogP contribution in [0.4, 0.5) is 0 Å². The Balaban J connectivity index is 1.61. The molecule has 2 fully saturated rings. The zero-order chi connectivity index (χ0) is 23.8. The van der Waals surface area contributed by atoms with Crippen molar-refractivity contribution in [2.45, 2.75) is 76.5 Å². The molecule has 8 heteroatoms. The number of carbonyl (C=O) groups is 2. The van der Waals surface area contributed by atoms with Crippen molar-refractivity contribution >= 4 is 11.8 Å². The normalized spacial score (nSPS) is 20.4. The first-order valence-corrected chi connectivity index (χ1v) is 12.1. The molecule has 1 aliphatic heterocycles. The SMILES string of the molecule is COCCCOc1cc(C(=O)N(C(C)C)[C@@H]2CC[C@H](CC(=O)NC3CC3)NC2)ccc1OC. The minimum absolute atomic E-state index is 0.0221. The van der Waals surface area contributed by atoms with Crippen molar-refractivity contribution in [1.82, 2.24) is 15.5 Å². The summed E-state index contributed by atoms with van der Waals surface area (Å²) in [6.07, 6.45) is 5.19. The van der Waals surface area contributed by atoms with Gasteiger partial charge in [-0.3, -0.25) is 9.59 Å². The van der Waals surface area contributed by atoms with E-state index in [2.05, 4.69) is 10.6 Å². The van der Waals surface area contributed by atoms with Gasteiger partial charge in [-0.25, -0.2) is 0 Å². The molecule has 33 heavy (non-hydrogen) atoms. The van der Waals surface area contributed by atoms with E-state index in [0.717, 1.165) is 32.1 Å². The second-order valence-corrected chi connectivity index (χ2v) is 9.25. The van der Waals surface area contributed by atoms with Crippen molar-refractivity contribution in [3.05, 3.63) is 23.8 Å². The van der Waals surface area contributed by atoms with Crippen LogP contribution in [0.25, 0.3) is 0 Å². The van der Waals surface area contributed by atoms with Crippen molar-refractivity contribution in [2.75, 3.05) is 34.0 Å². The Morgan fingerprint density at radius 3 is 2.52 bits per heavy atom. The van der Waals surface area contributed by atoms with Crippen LogP contribution in [0, 0.1) is 0 Å². The van der Waals surface area contributed by atoms with Gasteiger partial charge in [-0.15, -0.1) is 0 Å². The fraction of sp³-hybridized carbons (Fsp3) is 0.680. The highest BCUT2D eigenvalue weighted by Gasteiger charge is 2.32. The van der Waals surface area contributed by atoms with E-state index >= 15 is 0 Å². The Hall–Kier alpha value is -2.32. The Labute approximate surface area is 197 Å². The molecule has 1 aromatic carbocycles. The molecule has 8 nitrogen and oxygen atoms in total. The van der Waals surface area contributed by atoms with Gasteiger partial charge in [0.05, 0.1) is 13.7 Å². The molecular weight excluding hydrogens is 422 g/mol. The van der Waals surface area contributed by atoms with Crippen LogP contribution in [0.2, 0.25) is 0 Å². The van der Waals surface area contributed by atoms with Crippen molar-refractivity contribution in [1.29, 1.82) is 0 Å². The lowest BCUT2D eigenvalue weighted by atomic mass is 9.95. The molecular formula is C25H39N3O5. The van der Waals surface area contributed by atoms with Gasteiger partial charge in [0.15, 0.2) is 11.5 Å². The standard InChI is InChI=1S/C25H39N3O5/c1-17(2)28(21-10-9-20(26-16-21)15-24(29)27-19-7-8-19)25(30)18-6-11-22(32-4)23(14-18)33-13-5-12-31-3/h6,11,14,17,19-21,26H,5,7-10,12-13,15-16H2,1-4H3,(H,27,29)/t20-,21-/m1/s1. The molecule has 1 saturated carbocycles. The lowest BCUT2D eigenvalue weighted by Crippen LogP contribution is -2.54. The summed E-state index contributed by atoms with van der Waals surface area (Å²) in [7, 11) is 3.25. The number of nitrogens with zero attached hydrogens (tertiary/aromatic N) is 1. The molecule has 1 aromatic rings. The zero-order valence-electron chi connectivity index (χ0n) is 20.4. The minimum atomic E-state index is -0.0221. The Bertz CT molecular complexity index is 788. The maximum Gasteiger partial charge on any atom is 0.254 e. The topological polar surface area (TPSA) is 89.1 Å². The van der Waals surface area contributed by atoms with Crippen LogP contribution in [0.5, 0.6) is 11.5 Å². The van der Waals surface area contributed by atoms with E-state index < -0.39 is 0 Å². The zero-order valence-corrected chi connectivity index (χ0v) is 20.4. The number of benzene rings is 1. The van der Waals surface area contributed by atoms with Crippen molar-refractivity contribution in [3.8, 4) is 11.5 Å². The van der Waals surface area contributed by atoms with Gasteiger partial charge < -0.3 is 29.7 Å². The molecule has 0 spiro atoms. The summed E-state index contributed by atoms with van der Waals surface area (Å²) >= 11 is 0. The fourth-order valence-electron chi connectivity index (χ4n) is 4.33. The Morgan fingerprint density at radius 1 is 1.12 bits per heavy atom. The van der Waals surface area contributed by atoms with Crippen LogP contribution >= 0.6 is 0 Å². The summed E-state index contributed by atoms with van der Waals surface area (Å²) in [5.41, 5.74) is 0.581. The fourth-order valence-corrected chi connectivity index (χ4v) is 4.33. The number of hydrogen-bond donors (Lipinski definition) is 2. The maximum atomic E-state index is 13.5. The van der Waals surface area contributed by atoms with Crippen molar-refractivity contribution in [3.63, 3.8) is 0 Å². The minimum Gasteiger partial charge on any atom is -0.493 e. The van der Waals surface area contributed by atoms with Crippen molar-refractivity contribution in [2.24, 2.45) is 0 Å². The van der Waals surface area contributed by atoms with Crippen LogP contribution in [0.3, 0.4) is 0 Å². The predicted octanol–water partition coefficient (Wildman–Crippen LogP) is 2.75. The van der Waals surface area contributed by atoms with E-state index in [1.807, 2.05) is 18.7 Å². The lowest BCUT2D eigenvalue weighted by molar-refractivity contribution is -0.121.